The first kappa shape index (κ1) is 30.6. The Bertz CT molecular complexity index is 2540. The maximum atomic E-state index is 5.19. The SMILES string of the molecule is Cc1cc(-c2cccc3c2-c2ccccc2C3(c2ccccc2)c2cccc(-c3cc(C)c(-c4ccccc4)cn3)c2)nc(-c2ccccc2)n1. The molecule has 1 aliphatic carbocycles. The summed E-state index contributed by atoms with van der Waals surface area (Å²) in [5.74, 6) is 0.734. The van der Waals surface area contributed by atoms with Crippen LogP contribution in [-0.4, -0.2) is 15.0 Å². The van der Waals surface area contributed by atoms with Crippen molar-refractivity contribution in [3.8, 4) is 56.2 Å². The molecule has 2 aromatic heterocycles. The number of hydrogen-bond donors (Lipinski definition) is 0. The molecule has 0 aliphatic heterocycles. The van der Waals surface area contributed by atoms with Gasteiger partial charge in [0, 0.05) is 34.1 Å². The molecule has 0 N–H and O–H groups in total. The summed E-state index contributed by atoms with van der Waals surface area (Å²) < 4.78 is 0. The first-order valence-electron chi connectivity index (χ1n) is 17.4. The van der Waals surface area contributed by atoms with Gasteiger partial charge in [-0.2, -0.15) is 0 Å². The van der Waals surface area contributed by atoms with Crippen molar-refractivity contribution in [2.24, 2.45) is 0 Å². The van der Waals surface area contributed by atoms with Gasteiger partial charge in [-0.1, -0.05) is 152 Å². The number of hydrogen-bond acceptors (Lipinski definition) is 3. The maximum absolute atomic E-state index is 5.19. The Balaban J connectivity index is 1.27. The quantitative estimate of drug-likeness (QED) is 0.179. The molecule has 9 rings (SSSR count). The molecule has 0 saturated heterocycles. The minimum absolute atomic E-state index is 0.567. The smallest absolute Gasteiger partial charge is 0.160 e. The molecular weight excluding hydrogens is 619 g/mol. The van der Waals surface area contributed by atoms with Crippen molar-refractivity contribution < 1.29 is 0 Å². The third kappa shape index (κ3) is 5.09. The van der Waals surface area contributed by atoms with E-state index in [1.165, 1.54) is 44.5 Å². The fraction of sp³-hybridized carbons (Fsp3) is 0.0625. The van der Waals surface area contributed by atoms with Crippen LogP contribution in [0.4, 0.5) is 0 Å². The summed E-state index contributed by atoms with van der Waals surface area (Å²) in [5, 5.41) is 0. The molecule has 1 unspecified atom stereocenters. The third-order valence-corrected chi connectivity index (χ3v) is 10.2. The lowest BCUT2D eigenvalue weighted by Crippen LogP contribution is -2.28. The summed E-state index contributed by atoms with van der Waals surface area (Å²) in [5.41, 5.74) is 16.3. The number of rotatable bonds is 6. The molecule has 0 spiro atoms. The predicted octanol–water partition coefficient (Wildman–Crippen LogP) is 11.5. The molecule has 2 heterocycles. The standard InChI is InChI=1S/C48H35N3/c1-32-28-44(49-31-41(32)34-16-6-3-7-17-34)36-20-14-23-38(30-36)48(37-21-10-5-11-22-37)42-26-13-12-24-39(42)46-40(25-15-27-43(46)48)45-29-33(2)50-47(51-45)35-18-8-4-9-19-35/h3-31H,1-2H3. The van der Waals surface area contributed by atoms with Crippen molar-refractivity contribution in [2.75, 3.05) is 0 Å². The Hall–Kier alpha value is -6.45. The van der Waals surface area contributed by atoms with Gasteiger partial charge in [0.25, 0.3) is 0 Å². The van der Waals surface area contributed by atoms with Crippen LogP contribution < -0.4 is 0 Å². The van der Waals surface area contributed by atoms with Gasteiger partial charge >= 0.3 is 0 Å². The van der Waals surface area contributed by atoms with Gasteiger partial charge in [-0.3, -0.25) is 4.98 Å². The first-order valence-corrected chi connectivity index (χ1v) is 17.4. The Morgan fingerprint density at radius 3 is 1.80 bits per heavy atom. The van der Waals surface area contributed by atoms with E-state index in [1.807, 2.05) is 30.5 Å². The van der Waals surface area contributed by atoms with Gasteiger partial charge in [0.15, 0.2) is 5.82 Å². The molecule has 0 fully saturated rings. The minimum atomic E-state index is -0.567. The first-order chi connectivity index (χ1) is 25.1. The van der Waals surface area contributed by atoms with Crippen LogP contribution in [0.1, 0.15) is 33.5 Å². The molecule has 3 nitrogen and oxygen atoms in total. The molecule has 3 heteroatoms. The largest absolute Gasteiger partial charge is 0.256 e. The van der Waals surface area contributed by atoms with Crippen molar-refractivity contribution in [3.05, 3.63) is 210 Å². The molecule has 6 aromatic carbocycles. The maximum Gasteiger partial charge on any atom is 0.160 e. The van der Waals surface area contributed by atoms with Crippen LogP contribution in [-0.2, 0) is 5.41 Å². The second kappa shape index (κ2) is 12.5. The molecule has 0 amide bonds. The van der Waals surface area contributed by atoms with E-state index in [-0.39, 0.29) is 0 Å². The Kier molecular flexibility index (Phi) is 7.48. The van der Waals surface area contributed by atoms with E-state index in [0.29, 0.717) is 0 Å². The van der Waals surface area contributed by atoms with E-state index in [0.717, 1.165) is 45.2 Å². The number of aryl methyl sites for hydroxylation is 2. The highest BCUT2D eigenvalue weighted by Gasteiger charge is 2.47. The van der Waals surface area contributed by atoms with Gasteiger partial charge < -0.3 is 0 Å². The summed E-state index contributed by atoms with van der Waals surface area (Å²) in [4.78, 5) is 15.0. The fourth-order valence-corrected chi connectivity index (χ4v) is 7.99. The molecule has 0 radical (unpaired) electrons. The van der Waals surface area contributed by atoms with Crippen molar-refractivity contribution in [2.45, 2.75) is 19.3 Å². The van der Waals surface area contributed by atoms with Crippen molar-refractivity contribution in [1.29, 1.82) is 0 Å². The van der Waals surface area contributed by atoms with Gasteiger partial charge in [-0.15, -0.1) is 0 Å². The second-order valence-corrected chi connectivity index (χ2v) is 13.3. The summed E-state index contributed by atoms with van der Waals surface area (Å²) in [6.45, 7) is 4.22. The van der Waals surface area contributed by atoms with Crippen molar-refractivity contribution in [3.63, 3.8) is 0 Å². The lowest BCUT2D eigenvalue weighted by Gasteiger charge is -2.34. The van der Waals surface area contributed by atoms with Crippen LogP contribution in [0.3, 0.4) is 0 Å². The van der Waals surface area contributed by atoms with Gasteiger partial charge in [-0.25, -0.2) is 9.97 Å². The zero-order valence-corrected chi connectivity index (χ0v) is 28.6. The van der Waals surface area contributed by atoms with Crippen LogP contribution >= 0.6 is 0 Å². The van der Waals surface area contributed by atoms with Crippen LogP contribution in [0.5, 0.6) is 0 Å². The average molecular weight is 654 g/mol. The Morgan fingerprint density at radius 1 is 0.431 bits per heavy atom. The zero-order chi connectivity index (χ0) is 34.4. The fourth-order valence-electron chi connectivity index (χ4n) is 7.99. The monoisotopic (exact) mass is 653 g/mol. The van der Waals surface area contributed by atoms with Gasteiger partial charge in [0.1, 0.15) is 0 Å². The highest BCUT2D eigenvalue weighted by atomic mass is 14.9. The van der Waals surface area contributed by atoms with Crippen molar-refractivity contribution >= 4 is 0 Å². The predicted molar refractivity (Wildman–Crippen MR) is 208 cm³/mol. The lowest BCUT2D eigenvalue weighted by molar-refractivity contribution is 0.769. The molecule has 1 aliphatic rings. The third-order valence-electron chi connectivity index (χ3n) is 10.2. The van der Waals surface area contributed by atoms with E-state index >= 15 is 0 Å². The summed E-state index contributed by atoms with van der Waals surface area (Å²) in [6.07, 6.45) is 2.01. The van der Waals surface area contributed by atoms with Gasteiger partial charge in [-0.05, 0) is 76.6 Å². The number of fused-ring (bicyclic) bond motifs is 3. The van der Waals surface area contributed by atoms with E-state index in [2.05, 4.69) is 159 Å². The van der Waals surface area contributed by atoms with E-state index in [4.69, 9.17) is 15.0 Å². The number of pyridine rings is 1. The minimum Gasteiger partial charge on any atom is -0.256 e. The van der Waals surface area contributed by atoms with Crippen LogP contribution in [0.15, 0.2) is 176 Å². The molecular formula is C48H35N3. The number of aromatic nitrogens is 3. The second-order valence-electron chi connectivity index (χ2n) is 13.3. The highest BCUT2D eigenvalue weighted by Crippen LogP contribution is 2.58. The van der Waals surface area contributed by atoms with Gasteiger partial charge in [0.2, 0.25) is 0 Å². The van der Waals surface area contributed by atoms with Gasteiger partial charge in [0.05, 0.1) is 16.8 Å². The number of benzene rings is 6. The highest BCUT2D eigenvalue weighted by molar-refractivity contribution is 5.95. The van der Waals surface area contributed by atoms with Crippen LogP contribution in [0, 0.1) is 13.8 Å². The topological polar surface area (TPSA) is 38.7 Å². The molecule has 1 atom stereocenters. The Morgan fingerprint density at radius 2 is 1.04 bits per heavy atom. The van der Waals surface area contributed by atoms with Crippen LogP contribution in [0.25, 0.3) is 56.2 Å². The lowest BCUT2D eigenvalue weighted by atomic mass is 9.67. The Labute approximate surface area is 299 Å². The normalized spacial score (nSPS) is 14.5. The molecule has 0 saturated carbocycles. The zero-order valence-electron chi connectivity index (χ0n) is 28.6. The van der Waals surface area contributed by atoms with E-state index in [9.17, 15) is 0 Å². The summed E-state index contributed by atoms with van der Waals surface area (Å²) >= 11 is 0. The molecule has 8 aromatic rings. The molecule has 242 valence electrons. The van der Waals surface area contributed by atoms with Crippen molar-refractivity contribution in [1.82, 2.24) is 15.0 Å². The average Bonchev–Trinajstić information content (AvgIpc) is 3.50. The number of nitrogens with zero attached hydrogens (tertiary/aromatic N) is 3. The van der Waals surface area contributed by atoms with E-state index < -0.39 is 5.41 Å². The molecule has 0 bridgehead atoms. The van der Waals surface area contributed by atoms with E-state index in [1.54, 1.807) is 0 Å². The summed E-state index contributed by atoms with van der Waals surface area (Å²) in [7, 11) is 0. The summed E-state index contributed by atoms with van der Waals surface area (Å²) in [6, 6.07) is 60.6. The molecule has 51 heavy (non-hydrogen) atoms. The van der Waals surface area contributed by atoms with Crippen LogP contribution in [0.2, 0.25) is 0 Å².